The van der Waals surface area contributed by atoms with Crippen molar-refractivity contribution in [3.63, 3.8) is 0 Å². The predicted molar refractivity (Wildman–Crippen MR) is 90.8 cm³/mol. The first-order valence-corrected chi connectivity index (χ1v) is 7.60. The van der Waals surface area contributed by atoms with Gasteiger partial charge in [-0.3, -0.25) is 9.59 Å². The second kappa shape index (κ2) is 7.59. The summed E-state index contributed by atoms with van der Waals surface area (Å²) in [4.78, 5) is 37.6. The summed E-state index contributed by atoms with van der Waals surface area (Å²) < 4.78 is 6.04. The summed E-state index contributed by atoms with van der Waals surface area (Å²) in [5, 5.41) is 0. The van der Waals surface area contributed by atoms with Gasteiger partial charge in [0.2, 0.25) is 5.91 Å². The number of likely N-dealkylation sites (N-methyl/N-ethyl adjacent to an activating group) is 1. The molecule has 0 aliphatic carbocycles. The Labute approximate surface area is 140 Å². The molecule has 1 heterocycles. The van der Waals surface area contributed by atoms with Gasteiger partial charge in [0.25, 0.3) is 5.56 Å². The molecule has 0 saturated carbocycles. The molecule has 1 aromatic heterocycles. The van der Waals surface area contributed by atoms with Crippen molar-refractivity contribution in [2.45, 2.75) is 13.5 Å². The molecular formula is C18H20N2O4. The molecule has 1 aromatic carbocycles. The number of benzene rings is 1. The van der Waals surface area contributed by atoms with Gasteiger partial charge in [-0.1, -0.05) is 12.1 Å². The summed E-state index contributed by atoms with van der Waals surface area (Å²) in [6, 6.07) is 10.0. The number of pyridine rings is 1. The highest BCUT2D eigenvalue weighted by molar-refractivity contribution is 5.89. The normalized spacial score (nSPS) is 10.3. The average Bonchev–Trinajstić information content (AvgIpc) is 2.62. The van der Waals surface area contributed by atoms with Gasteiger partial charge < -0.3 is 14.2 Å². The largest absolute Gasteiger partial charge is 0.465 e. The molecule has 0 saturated heterocycles. The summed E-state index contributed by atoms with van der Waals surface area (Å²) in [6.45, 7) is 2.46. The standard InChI is InChI=1S/C18H20N2O4/c1-4-19(2)16(21)12-20-11-5-6-15(17(20)22)13-7-9-14(10-8-13)18(23)24-3/h5-11H,4,12H2,1-3H3. The summed E-state index contributed by atoms with van der Waals surface area (Å²) in [5.41, 5.74) is 1.32. The van der Waals surface area contributed by atoms with E-state index in [1.165, 1.54) is 11.7 Å². The van der Waals surface area contributed by atoms with Crippen molar-refractivity contribution < 1.29 is 14.3 Å². The van der Waals surface area contributed by atoms with Crippen LogP contribution < -0.4 is 5.56 Å². The average molecular weight is 328 g/mol. The minimum atomic E-state index is -0.430. The van der Waals surface area contributed by atoms with Crippen molar-refractivity contribution in [3.8, 4) is 11.1 Å². The third kappa shape index (κ3) is 3.71. The third-order valence-electron chi connectivity index (χ3n) is 3.84. The Morgan fingerprint density at radius 1 is 1.17 bits per heavy atom. The highest BCUT2D eigenvalue weighted by Crippen LogP contribution is 2.16. The summed E-state index contributed by atoms with van der Waals surface area (Å²) in [5.74, 6) is -0.557. The number of aromatic nitrogens is 1. The smallest absolute Gasteiger partial charge is 0.337 e. The Hall–Kier alpha value is -2.89. The van der Waals surface area contributed by atoms with Gasteiger partial charge >= 0.3 is 5.97 Å². The summed E-state index contributed by atoms with van der Waals surface area (Å²) >= 11 is 0. The molecule has 2 aromatic rings. The van der Waals surface area contributed by atoms with Crippen molar-refractivity contribution in [1.29, 1.82) is 0 Å². The van der Waals surface area contributed by atoms with Crippen LogP contribution in [0.15, 0.2) is 47.4 Å². The van der Waals surface area contributed by atoms with Crippen molar-refractivity contribution in [2.75, 3.05) is 20.7 Å². The number of hydrogen-bond donors (Lipinski definition) is 0. The lowest BCUT2D eigenvalue weighted by Crippen LogP contribution is -2.33. The molecule has 2 rings (SSSR count). The van der Waals surface area contributed by atoms with E-state index in [0.29, 0.717) is 23.2 Å². The van der Waals surface area contributed by atoms with E-state index < -0.39 is 5.97 Å². The van der Waals surface area contributed by atoms with E-state index in [2.05, 4.69) is 4.74 Å². The van der Waals surface area contributed by atoms with E-state index in [1.807, 2.05) is 6.92 Å². The van der Waals surface area contributed by atoms with Crippen molar-refractivity contribution >= 4 is 11.9 Å². The monoisotopic (exact) mass is 328 g/mol. The number of methoxy groups -OCH3 is 1. The quantitative estimate of drug-likeness (QED) is 0.785. The van der Waals surface area contributed by atoms with Crippen molar-refractivity contribution in [1.82, 2.24) is 9.47 Å². The molecule has 0 bridgehead atoms. The predicted octanol–water partition coefficient (Wildman–Crippen LogP) is 1.78. The lowest BCUT2D eigenvalue weighted by molar-refractivity contribution is -0.130. The first kappa shape index (κ1) is 17.5. The van der Waals surface area contributed by atoms with Crippen LogP contribution >= 0.6 is 0 Å². The Bertz CT molecular complexity index is 793. The topological polar surface area (TPSA) is 68.6 Å². The zero-order valence-corrected chi connectivity index (χ0v) is 14.0. The second-order valence-corrected chi connectivity index (χ2v) is 5.33. The van der Waals surface area contributed by atoms with Crippen LogP contribution in [0.3, 0.4) is 0 Å². The van der Waals surface area contributed by atoms with Gasteiger partial charge in [-0.25, -0.2) is 4.79 Å². The Balaban J connectivity index is 2.32. The molecule has 0 unspecified atom stereocenters. The van der Waals surface area contributed by atoms with Crippen LogP contribution in [0, 0.1) is 0 Å². The third-order valence-corrected chi connectivity index (χ3v) is 3.84. The summed E-state index contributed by atoms with van der Waals surface area (Å²) in [7, 11) is 3.01. The van der Waals surface area contributed by atoms with Crippen LogP contribution in [0.25, 0.3) is 11.1 Å². The SMILES string of the molecule is CCN(C)C(=O)Cn1cccc(-c2ccc(C(=O)OC)cc2)c1=O. The maximum atomic E-state index is 12.6. The van der Waals surface area contributed by atoms with Gasteiger partial charge in [0.15, 0.2) is 0 Å². The lowest BCUT2D eigenvalue weighted by atomic mass is 10.1. The first-order valence-electron chi connectivity index (χ1n) is 7.60. The molecule has 6 heteroatoms. The van der Waals surface area contributed by atoms with E-state index in [-0.39, 0.29) is 18.0 Å². The zero-order chi connectivity index (χ0) is 17.7. The van der Waals surface area contributed by atoms with Crippen LogP contribution in [0.4, 0.5) is 0 Å². The summed E-state index contributed by atoms with van der Waals surface area (Å²) in [6.07, 6.45) is 1.59. The molecule has 0 spiro atoms. The van der Waals surface area contributed by atoms with Crippen LogP contribution in [-0.2, 0) is 16.1 Å². The minimum Gasteiger partial charge on any atom is -0.465 e. The zero-order valence-electron chi connectivity index (χ0n) is 14.0. The molecule has 6 nitrogen and oxygen atoms in total. The molecule has 24 heavy (non-hydrogen) atoms. The van der Waals surface area contributed by atoms with E-state index in [9.17, 15) is 14.4 Å². The fraction of sp³-hybridized carbons (Fsp3) is 0.278. The van der Waals surface area contributed by atoms with Gasteiger partial charge in [-0.05, 0) is 36.8 Å². The number of hydrogen-bond acceptors (Lipinski definition) is 4. The maximum Gasteiger partial charge on any atom is 0.337 e. The lowest BCUT2D eigenvalue weighted by Gasteiger charge is -2.15. The van der Waals surface area contributed by atoms with E-state index in [0.717, 1.165) is 0 Å². The molecule has 0 fully saturated rings. The fourth-order valence-corrected chi connectivity index (χ4v) is 2.23. The Morgan fingerprint density at radius 3 is 2.42 bits per heavy atom. The highest BCUT2D eigenvalue weighted by atomic mass is 16.5. The second-order valence-electron chi connectivity index (χ2n) is 5.33. The number of carbonyl (C=O) groups excluding carboxylic acids is 2. The molecule has 126 valence electrons. The van der Waals surface area contributed by atoms with Crippen molar-refractivity contribution in [3.05, 3.63) is 58.5 Å². The number of carbonyl (C=O) groups is 2. The fourth-order valence-electron chi connectivity index (χ4n) is 2.23. The van der Waals surface area contributed by atoms with Gasteiger partial charge in [0.1, 0.15) is 6.54 Å². The maximum absolute atomic E-state index is 12.6. The van der Waals surface area contributed by atoms with Crippen LogP contribution in [0.1, 0.15) is 17.3 Å². The van der Waals surface area contributed by atoms with Gasteiger partial charge in [-0.2, -0.15) is 0 Å². The van der Waals surface area contributed by atoms with E-state index in [4.69, 9.17) is 0 Å². The number of ether oxygens (including phenoxy) is 1. The molecular weight excluding hydrogens is 308 g/mol. The highest BCUT2D eigenvalue weighted by Gasteiger charge is 2.12. The van der Waals surface area contributed by atoms with Crippen LogP contribution in [0.5, 0.6) is 0 Å². The number of rotatable bonds is 5. The number of amides is 1. The Morgan fingerprint density at radius 2 is 1.83 bits per heavy atom. The van der Waals surface area contributed by atoms with Gasteiger partial charge in [0.05, 0.1) is 12.7 Å². The number of nitrogens with zero attached hydrogens (tertiary/aromatic N) is 2. The molecule has 0 aliphatic rings. The van der Waals surface area contributed by atoms with Gasteiger partial charge in [-0.15, -0.1) is 0 Å². The molecule has 0 radical (unpaired) electrons. The van der Waals surface area contributed by atoms with Gasteiger partial charge in [0, 0.05) is 25.4 Å². The van der Waals surface area contributed by atoms with Crippen molar-refractivity contribution in [2.24, 2.45) is 0 Å². The van der Waals surface area contributed by atoms with Crippen LogP contribution in [0.2, 0.25) is 0 Å². The molecule has 1 amide bonds. The minimum absolute atomic E-state index is 0.00272. The molecule has 0 aliphatic heterocycles. The van der Waals surface area contributed by atoms with E-state index >= 15 is 0 Å². The van der Waals surface area contributed by atoms with Crippen LogP contribution in [-0.4, -0.2) is 42.0 Å². The van der Waals surface area contributed by atoms with E-state index in [1.54, 1.807) is 54.5 Å². The Kier molecular flexibility index (Phi) is 5.52. The molecule has 0 atom stereocenters. The number of esters is 1. The molecule has 0 N–H and O–H groups in total. The first-order chi connectivity index (χ1) is 11.5.